The quantitative estimate of drug-likeness (QED) is 0.673. The van der Waals surface area contributed by atoms with Gasteiger partial charge in [-0.1, -0.05) is 49.7 Å². The van der Waals surface area contributed by atoms with E-state index in [2.05, 4.69) is 29.0 Å². The molecule has 0 atom stereocenters. The fourth-order valence-electron chi connectivity index (χ4n) is 2.39. The van der Waals surface area contributed by atoms with E-state index >= 15 is 0 Å². The lowest BCUT2D eigenvalue weighted by molar-refractivity contribution is 0.118. The second-order valence-electron chi connectivity index (χ2n) is 5.17. The molecule has 3 nitrogen and oxygen atoms in total. The van der Waals surface area contributed by atoms with Crippen LogP contribution in [0.1, 0.15) is 25.3 Å². The molecule has 3 heteroatoms. The van der Waals surface area contributed by atoms with Gasteiger partial charge in [0, 0.05) is 12.2 Å². The molecular weight excluding hydrogens is 260 g/mol. The van der Waals surface area contributed by atoms with E-state index in [0.29, 0.717) is 6.61 Å². The molecule has 2 aromatic carbocycles. The summed E-state index contributed by atoms with van der Waals surface area (Å²) < 4.78 is 5.75. The molecule has 0 unspecified atom stereocenters. The van der Waals surface area contributed by atoms with Gasteiger partial charge in [0.1, 0.15) is 5.82 Å². The third-order valence-corrected chi connectivity index (χ3v) is 3.56. The number of aromatic nitrogens is 2. The van der Waals surface area contributed by atoms with Crippen LogP contribution < -0.4 is 0 Å². The van der Waals surface area contributed by atoms with E-state index in [1.165, 1.54) is 5.56 Å². The van der Waals surface area contributed by atoms with Gasteiger partial charge >= 0.3 is 0 Å². The Morgan fingerprint density at radius 3 is 2.71 bits per heavy atom. The van der Waals surface area contributed by atoms with Gasteiger partial charge in [0.15, 0.2) is 0 Å². The first-order valence-electron chi connectivity index (χ1n) is 7.49. The van der Waals surface area contributed by atoms with Crippen LogP contribution in [0.5, 0.6) is 0 Å². The molecule has 0 aliphatic carbocycles. The summed E-state index contributed by atoms with van der Waals surface area (Å²) >= 11 is 0. The highest BCUT2D eigenvalue weighted by atomic mass is 16.5. The van der Waals surface area contributed by atoms with Gasteiger partial charge in [-0.25, -0.2) is 4.98 Å². The van der Waals surface area contributed by atoms with Crippen molar-refractivity contribution in [3.8, 4) is 11.4 Å². The van der Waals surface area contributed by atoms with Crippen LogP contribution in [0.4, 0.5) is 0 Å². The molecule has 21 heavy (non-hydrogen) atoms. The molecule has 0 amide bonds. The number of benzene rings is 2. The molecule has 0 fully saturated rings. The molecule has 0 aliphatic heterocycles. The summed E-state index contributed by atoms with van der Waals surface area (Å²) in [5.41, 5.74) is 4.35. The first-order chi connectivity index (χ1) is 10.4. The molecule has 0 saturated heterocycles. The number of unbranched alkanes of at least 4 members (excludes halogenated alkanes) is 1. The third-order valence-electron chi connectivity index (χ3n) is 3.56. The molecule has 0 bridgehead atoms. The third kappa shape index (κ3) is 3.14. The molecule has 3 rings (SSSR count). The van der Waals surface area contributed by atoms with Crippen molar-refractivity contribution in [1.82, 2.24) is 9.97 Å². The number of aromatic amines is 1. The van der Waals surface area contributed by atoms with Gasteiger partial charge in [0.05, 0.1) is 17.6 Å². The van der Waals surface area contributed by atoms with E-state index in [0.717, 1.165) is 41.9 Å². The topological polar surface area (TPSA) is 37.9 Å². The maximum Gasteiger partial charge on any atom is 0.138 e. The average molecular weight is 280 g/mol. The van der Waals surface area contributed by atoms with Crippen LogP contribution >= 0.6 is 0 Å². The zero-order chi connectivity index (χ0) is 14.5. The second-order valence-corrected chi connectivity index (χ2v) is 5.17. The van der Waals surface area contributed by atoms with Crippen molar-refractivity contribution in [3.63, 3.8) is 0 Å². The van der Waals surface area contributed by atoms with Crippen molar-refractivity contribution in [1.29, 1.82) is 0 Å². The SMILES string of the molecule is CCCCOCc1ccccc1-c1nc2ccccc2[nH]1. The number of nitrogens with zero attached hydrogens (tertiary/aromatic N) is 1. The van der Waals surface area contributed by atoms with Crippen molar-refractivity contribution in [2.24, 2.45) is 0 Å². The minimum absolute atomic E-state index is 0.632. The fourth-order valence-corrected chi connectivity index (χ4v) is 2.39. The van der Waals surface area contributed by atoms with E-state index in [1.54, 1.807) is 0 Å². The summed E-state index contributed by atoms with van der Waals surface area (Å²) in [6.45, 7) is 3.61. The standard InChI is InChI=1S/C18H20N2O/c1-2-3-12-21-13-14-8-4-5-9-15(14)18-19-16-10-6-7-11-17(16)20-18/h4-11H,2-3,12-13H2,1H3,(H,19,20). The highest BCUT2D eigenvalue weighted by Gasteiger charge is 2.09. The molecule has 1 aromatic heterocycles. The highest BCUT2D eigenvalue weighted by Crippen LogP contribution is 2.24. The number of imidazole rings is 1. The van der Waals surface area contributed by atoms with Crippen LogP contribution in [0.15, 0.2) is 48.5 Å². The Hall–Kier alpha value is -2.13. The smallest absolute Gasteiger partial charge is 0.138 e. The van der Waals surface area contributed by atoms with Gasteiger partial charge in [0.25, 0.3) is 0 Å². The molecule has 1 heterocycles. The van der Waals surface area contributed by atoms with E-state index in [9.17, 15) is 0 Å². The Balaban J connectivity index is 1.87. The predicted molar refractivity (Wildman–Crippen MR) is 86.1 cm³/mol. The first kappa shape index (κ1) is 13.8. The minimum Gasteiger partial charge on any atom is -0.377 e. The molecule has 1 N–H and O–H groups in total. The number of ether oxygens (including phenoxy) is 1. The average Bonchev–Trinajstić information content (AvgIpc) is 2.96. The van der Waals surface area contributed by atoms with Crippen molar-refractivity contribution in [2.45, 2.75) is 26.4 Å². The van der Waals surface area contributed by atoms with E-state index in [-0.39, 0.29) is 0 Å². The summed E-state index contributed by atoms with van der Waals surface area (Å²) in [4.78, 5) is 8.06. The molecule has 0 saturated carbocycles. The maximum absolute atomic E-state index is 5.75. The van der Waals surface area contributed by atoms with Crippen LogP contribution in [0, 0.1) is 0 Å². The second kappa shape index (κ2) is 6.55. The zero-order valence-corrected chi connectivity index (χ0v) is 12.3. The summed E-state index contributed by atoms with van der Waals surface area (Å²) in [5.74, 6) is 0.908. The van der Waals surface area contributed by atoms with Crippen LogP contribution in [-0.4, -0.2) is 16.6 Å². The van der Waals surface area contributed by atoms with Crippen LogP contribution in [0.2, 0.25) is 0 Å². The molecule has 108 valence electrons. The molecule has 0 radical (unpaired) electrons. The van der Waals surface area contributed by atoms with E-state index in [4.69, 9.17) is 4.74 Å². The fraction of sp³-hybridized carbons (Fsp3) is 0.278. The zero-order valence-electron chi connectivity index (χ0n) is 12.3. The predicted octanol–water partition coefficient (Wildman–Crippen LogP) is 4.55. The molecular formula is C18H20N2O. The summed E-state index contributed by atoms with van der Waals surface area (Å²) in [5, 5.41) is 0. The number of fused-ring (bicyclic) bond motifs is 1. The first-order valence-corrected chi connectivity index (χ1v) is 7.49. The lowest BCUT2D eigenvalue weighted by Gasteiger charge is -2.08. The van der Waals surface area contributed by atoms with Crippen molar-refractivity contribution in [3.05, 3.63) is 54.1 Å². The highest BCUT2D eigenvalue weighted by molar-refractivity contribution is 5.79. The van der Waals surface area contributed by atoms with Crippen molar-refractivity contribution >= 4 is 11.0 Å². The Kier molecular flexibility index (Phi) is 4.31. The van der Waals surface area contributed by atoms with E-state index in [1.807, 2.05) is 36.4 Å². The van der Waals surface area contributed by atoms with Crippen LogP contribution in [-0.2, 0) is 11.3 Å². The van der Waals surface area contributed by atoms with Crippen LogP contribution in [0.25, 0.3) is 22.4 Å². The molecule has 3 aromatic rings. The normalized spacial score (nSPS) is 11.1. The van der Waals surface area contributed by atoms with Gasteiger partial charge in [-0.3, -0.25) is 0 Å². The minimum atomic E-state index is 0.632. The Morgan fingerprint density at radius 1 is 1.05 bits per heavy atom. The Bertz CT molecular complexity index is 685. The number of para-hydroxylation sites is 2. The number of rotatable bonds is 6. The van der Waals surface area contributed by atoms with Gasteiger partial charge in [-0.2, -0.15) is 0 Å². The van der Waals surface area contributed by atoms with Crippen molar-refractivity contribution < 1.29 is 4.74 Å². The summed E-state index contributed by atoms with van der Waals surface area (Å²) in [6, 6.07) is 16.4. The lowest BCUT2D eigenvalue weighted by atomic mass is 10.1. The number of H-pyrrole nitrogens is 1. The Morgan fingerprint density at radius 2 is 1.86 bits per heavy atom. The van der Waals surface area contributed by atoms with Gasteiger partial charge in [-0.05, 0) is 24.1 Å². The lowest BCUT2D eigenvalue weighted by Crippen LogP contribution is -1.97. The number of hydrogen-bond donors (Lipinski definition) is 1. The van der Waals surface area contributed by atoms with Gasteiger partial charge in [-0.15, -0.1) is 0 Å². The number of nitrogens with one attached hydrogen (secondary N) is 1. The summed E-state index contributed by atoms with van der Waals surface area (Å²) in [7, 11) is 0. The van der Waals surface area contributed by atoms with Gasteiger partial charge in [0.2, 0.25) is 0 Å². The number of hydrogen-bond acceptors (Lipinski definition) is 2. The summed E-state index contributed by atoms with van der Waals surface area (Å²) in [6.07, 6.45) is 2.26. The van der Waals surface area contributed by atoms with Gasteiger partial charge < -0.3 is 9.72 Å². The van der Waals surface area contributed by atoms with E-state index < -0.39 is 0 Å². The van der Waals surface area contributed by atoms with Crippen LogP contribution in [0.3, 0.4) is 0 Å². The maximum atomic E-state index is 5.75. The molecule has 0 spiro atoms. The molecule has 0 aliphatic rings. The van der Waals surface area contributed by atoms with Crippen molar-refractivity contribution in [2.75, 3.05) is 6.61 Å². The Labute approximate surface area is 125 Å². The monoisotopic (exact) mass is 280 g/mol. The largest absolute Gasteiger partial charge is 0.377 e.